The first-order valence-corrected chi connectivity index (χ1v) is 5.49. The van der Waals surface area contributed by atoms with Gasteiger partial charge in [-0.05, 0) is 27.7 Å². The molecule has 88 valence electrons. The van der Waals surface area contributed by atoms with Crippen LogP contribution in [-0.4, -0.2) is 28.4 Å². The van der Waals surface area contributed by atoms with E-state index in [0.29, 0.717) is 0 Å². The molecule has 3 atom stereocenters. The van der Waals surface area contributed by atoms with Crippen molar-refractivity contribution in [3.63, 3.8) is 0 Å². The molecule has 1 unspecified atom stereocenters. The van der Waals surface area contributed by atoms with Crippen LogP contribution in [0.5, 0.6) is 0 Å². The Morgan fingerprint density at radius 1 is 1.40 bits per heavy atom. The summed E-state index contributed by atoms with van der Waals surface area (Å²) in [6.45, 7) is 6.33. The van der Waals surface area contributed by atoms with E-state index in [9.17, 15) is 9.36 Å². The van der Waals surface area contributed by atoms with Gasteiger partial charge in [0.15, 0.2) is 6.10 Å². The first-order chi connectivity index (χ1) is 6.64. The van der Waals surface area contributed by atoms with Gasteiger partial charge in [0.25, 0.3) is 0 Å². The highest BCUT2D eigenvalue weighted by molar-refractivity contribution is 7.32. The number of aliphatic hydroxyl groups is 1. The van der Waals surface area contributed by atoms with Crippen LogP contribution in [-0.2, 0) is 18.6 Å². The lowest BCUT2D eigenvalue weighted by atomic mass is 9.97. The smallest absolute Gasteiger partial charge is 0.457 e. The molecule has 0 fully saturated rings. The third-order valence-corrected chi connectivity index (χ3v) is 1.90. The number of hydrogen-bond acceptors (Lipinski definition) is 5. The molecular formula is C8H16O6P+. The molecule has 0 aliphatic heterocycles. The fourth-order valence-corrected chi connectivity index (χ4v) is 0.938. The van der Waals surface area contributed by atoms with Crippen LogP contribution >= 0.6 is 8.25 Å². The number of carbonyl (C=O) groups excluding carboxylic acids is 1. The van der Waals surface area contributed by atoms with Crippen LogP contribution in [0.15, 0.2) is 0 Å². The minimum atomic E-state index is -2.92. The van der Waals surface area contributed by atoms with Crippen molar-refractivity contribution in [3.05, 3.63) is 0 Å². The predicted octanol–water partition coefficient (Wildman–Crippen LogP) is 0.949. The molecule has 0 spiro atoms. The lowest BCUT2D eigenvalue weighted by Gasteiger charge is -2.21. The first kappa shape index (κ1) is 14.5. The van der Waals surface area contributed by atoms with Crippen LogP contribution < -0.4 is 0 Å². The molecule has 2 N–H and O–H groups in total. The van der Waals surface area contributed by atoms with Gasteiger partial charge in [-0.15, -0.1) is 4.89 Å². The second-order valence-electron chi connectivity index (χ2n) is 4.09. The highest BCUT2D eigenvalue weighted by Crippen LogP contribution is 2.22. The van der Waals surface area contributed by atoms with E-state index in [0.717, 1.165) is 0 Å². The molecule has 0 radical (unpaired) electrons. The van der Waals surface area contributed by atoms with Gasteiger partial charge < -0.3 is 9.84 Å². The van der Waals surface area contributed by atoms with Gasteiger partial charge in [-0.3, -0.25) is 4.79 Å². The molecule has 0 saturated heterocycles. The second-order valence-corrected chi connectivity index (χ2v) is 4.78. The van der Waals surface area contributed by atoms with Gasteiger partial charge in [0.05, 0.1) is 5.41 Å². The minimum Gasteiger partial charge on any atom is -0.457 e. The number of rotatable bonds is 4. The highest BCUT2D eigenvalue weighted by Gasteiger charge is 2.32. The quantitative estimate of drug-likeness (QED) is 0.431. The molecule has 0 saturated carbocycles. The van der Waals surface area contributed by atoms with Crippen molar-refractivity contribution in [3.8, 4) is 0 Å². The molecule has 0 rings (SSSR count). The molecule has 7 heteroatoms. The average Bonchev–Trinajstić information content (AvgIpc) is 2.00. The maximum absolute atomic E-state index is 11.3. The van der Waals surface area contributed by atoms with Crippen LogP contribution in [0.25, 0.3) is 0 Å². The summed E-state index contributed by atoms with van der Waals surface area (Å²) in [5.74, 6) is -0.522. The summed E-state index contributed by atoms with van der Waals surface area (Å²) in [5.41, 5.74) is -0.699. The fraction of sp³-hybridized carbons (Fsp3) is 0.875. The fourth-order valence-electron chi connectivity index (χ4n) is 0.582. The Kier molecular flexibility index (Phi) is 5.31. The van der Waals surface area contributed by atoms with Gasteiger partial charge >= 0.3 is 14.2 Å². The Morgan fingerprint density at radius 3 is 2.20 bits per heavy atom. The van der Waals surface area contributed by atoms with Crippen LogP contribution in [0, 0.1) is 5.41 Å². The van der Waals surface area contributed by atoms with Crippen molar-refractivity contribution in [1.82, 2.24) is 0 Å². The normalized spacial score (nSPS) is 16.8. The van der Waals surface area contributed by atoms with E-state index >= 15 is 0 Å². The van der Waals surface area contributed by atoms with E-state index in [2.05, 4.69) is 4.52 Å². The molecular weight excluding hydrogens is 223 g/mol. The van der Waals surface area contributed by atoms with E-state index in [-0.39, 0.29) is 0 Å². The molecule has 6 nitrogen and oxygen atoms in total. The number of aliphatic hydroxyl groups excluding tert-OH is 1. The Bertz CT molecular complexity index is 246. The molecule has 0 aliphatic rings. The monoisotopic (exact) mass is 239 g/mol. The zero-order chi connectivity index (χ0) is 12.2. The van der Waals surface area contributed by atoms with Crippen LogP contribution in [0.2, 0.25) is 0 Å². The molecule has 0 aromatic heterocycles. The van der Waals surface area contributed by atoms with E-state index in [4.69, 9.17) is 14.7 Å². The van der Waals surface area contributed by atoms with Gasteiger partial charge in [-0.25, -0.2) is 0 Å². The maximum Gasteiger partial charge on any atom is 0.697 e. The summed E-state index contributed by atoms with van der Waals surface area (Å²) >= 11 is 0. The number of esters is 1. The predicted molar refractivity (Wildman–Crippen MR) is 51.9 cm³/mol. The third-order valence-electron chi connectivity index (χ3n) is 1.51. The summed E-state index contributed by atoms with van der Waals surface area (Å²) in [6, 6.07) is 0. The maximum atomic E-state index is 11.3. The van der Waals surface area contributed by atoms with Crippen molar-refractivity contribution in [2.45, 2.75) is 40.1 Å². The molecule has 15 heavy (non-hydrogen) atoms. The zero-order valence-corrected chi connectivity index (χ0v) is 10.0. The van der Waals surface area contributed by atoms with Crippen LogP contribution in [0.3, 0.4) is 0 Å². The van der Waals surface area contributed by atoms with Gasteiger partial charge in [0.2, 0.25) is 6.29 Å². The molecule has 0 amide bonds. The summed E-state index contributed by atoms with van der Waals surface area (Å²) in [4.78, 5) is 19.7. The Balaban J connectivity index is 4.19. The largest absolute Gasteiger partial charge is 0.697 e. The SMILES string of the molecule is C[C@H](OC(=O)C(C)(C)C)[C@@H](O)O[P+](=O)O. The van der Waals surface area contributed by atoms with Crippen LogP contribution in [0.1, 0.15) is 27.7 Å². The molecule has 0 bridgehead atoms. The van der Waals surface area contributed by atoms with Gasteiger partial charge in [0.1, 0.15) is 0 Å². The summed E-state index contributed by atoms with van der Waals surface area (Å²) in [6.07, 6.45) is -2.60. The topological polar surface area (TPSA) is 93.1 Å². The van der Waals surface area contributed by atoms with Crippen molar-refractivity contribution in [2.24, 2.45) is 5.41 Å². The standard InChI is InChI=1S/C8H15O6P/c1-5(6(9)14-15(11)12)13-7(10)8(2,3)4/h5-6,9H,1-4H3/p+1/t5-,6-/m0/s1. The molecule has 0 aromatic rings. The third kappa shape index (κ3) is 5.79. The van der Waals surface area contributed by atoms with Crippen molar-refractivity contribution >= 4 is 14.2 Å². The summed E-state index contributed by atoms with van der Waals surface area (Å²) in [7, 11) is -2.92. The van der Waals surface area contributed by atoms with E-state index in [1.165, 1.54) is 6.92 Å². The van der Waals surface area contributed by atoms with Crippen molar-refractivity contribution in [1.29, 1.82) is 0 Å². The van der Waals surface area contributed by atoms with Crippen molar-refractivity contribution < 1.29 is 28.6 Å². The minimum absolute atomic E-state index is 0.522. The molecule has 0 aliphatic carbocycles. The number of carbonyl (C=O) groups is 1. The molecule has 0 heterocycles. The van der Waals surface area contributed by atoms with E-state index in [1.807, 2.05) is 0 Å². The lowest BCUT2D eigenvalue weighted by Crippen LogP contribution is -2.34. The molecule has 0 aromatic carbocycles. The number of hydrogen-bond donors (Lipinski definition) is 2. The Labute approximate surface area is 89.1 Å². The van der Waals surface area contributed by atoms with Gasteiger partial charge in [-0.2, -0.15) is 0 Å². The van der Waals surface area contributed by atoms with Gasteiger partial charge in [-0.1, -0.05) is 4.52 Å². The van der Waals surface area contributed by atoms with Crippen molar-refractivity contribution in [2.75, 3.05) is 0 Å². The lowest BCUT2D eigenvalue weighted by molar-refractivity contribution is -0.175. The average molecular weight is 239 g/mol. The Morgan fingerprint density at radius 2 is 1.87 bits per heavy atom. The Hall–Kier alpha value is -0.550. The summed E-state index contributed by atoms with van der Waals surface area (Å²) in [5, 5.41) is 9.16. The van der Waals surface area contributed by atoms with E-state index in [1.54, 1.807) is 20.8 Å². The van der Waals surface area contributed by atoms with Crippen LogP contribution in [0.4, 0.5) is 0 Å². The van der Waals surface area contributed by atoms with Gasteiger partial charge in [0, 0.05) is 4.57 Å². The summed E-state index contributed by atoms with van der Waals surface area (Å²) < 4.78 is 19.2. The zero-order valence-electron chi connectivity index (χ0n) is 9.13. The number of ether oxygens (including phenoxy) is 1. The second kappa shape index (κ2) is 5.51. The first-order valence-electron chi connectivity index (χ1n) is 4.36. The van der Waals surface area contributed by atoms with E-state index < -0.39 is 32.0 Å². The highest BCUT2D eigenvalue weighted by atomic mass is 31.1.